The summed E-state index contributed by atoms with van der Waals surface area (Å²) in [6.07, 6.45) is 7.40. The van der Waals surface area contributed by atoms with Gasteiger partial charge in [0.15, 0.2) is 0 Å². The average Bonchev–Trinajstić information content (AvgIpc) is 2.69. The molecule has 1 saturated carbocycles. The van der Waals surface area contributed by atoms with Crippen molar-refractivity contribution in [3.8, 4) is 0 Å². The highest BCUT2D eigenvalue weighted by Crippen LogP contribution is 2.38. The predicted octanol–water partition coefficient (Wildman–Crippen LogP) is 3.64. The molecule has 0 radical (unpaired) electrons. The van der Waals surface area contributed by atoms with Crippen LogP contribution in [0.3, 0.4) is 0 Å². The minimum Gasteiger partial charge on any atom is -0.379 e. The normalized spacial score (nSPS) is 19.2. The molecule has 5 nitrogen and oxygen atoms in total. The molecule has 1 aliphatic heterocycles. The molecular weight excluding hydrogens is 397 g/mol. The van der Waals surface area contributed by atoms with Crippen LogP contribution in [-0.4, -0.2) is 50.2 Å². The number of rotatable bonds is 7. The third-order valence-corrected chi connectivity index (χ3v) is 5.94. The molecule has 0 spiro atoms. The Balaban J connectivity index is 0.00000196. The van der Waals surface area contributed by atoms with Crippen molar-refractivity contribution in [1.29, 1.82) is 0 Å². The lowest BCUT2D eigenvalue weighted by Gasteiger charge is -2.35. The standard InChI is InChI=1S/C21H33N3O2.2ClH/c22-17-21(9-2-1-3-10-21)16-20(25)23-19-6-4-18(5-7-19)8-11-24-12-14-26-15-13-24;;/h4-7H,1-3,8-17,22H2,(H,23,25);2*1H. The van der Waals surface area contributed by atoms with Crippen LogP contribution in [0.5, 0.6) is 0 Å². The van der Waals surface area contributed by atoms with E-state index in [1.165, 1.54) is 24.8 Å². The second-order valence-corrected chi connectivity index (χ2v) is 7.89. The second kappa shape index (κ2) is 12.7. The second-order valence-electron chi connectivity index (χ2n) is 7.89. The largest absolute Gasteiger partial charge is 0.379 e. The molecule has 1 aromatic carbocycles. The predicted molar refractivity (Wildman–Crippen MR) is 120 cm³/mol. The molecule has 0 atom stereocenters. The quantitative estimate of drug-likeness (QED) is 0.691. The van der Waals surface area contributed by atoms with Crippen LogP contribution in [0.2, 0.25) is 0 Å². The smallest absolute Gasteiger partial charge is 0.224 e. The molecule has 1 aliphatic carbocycles. The first-order valence-electron chi connectivity index (χ1n) is 10.1. The number of ether oxygens (including phenoxy) is 1. The maximum Gasteiger partial charge on any atom is 0.224 e. The van der Waals surface area contributed by atoms with Crippen LogP contribution in [-0.2, 0) is 16.0 Å². The summed E-state index contributed by atoms with van der Waals surface area (Å²) in [6.45, 7) is 5.41. The summed E-state index contributed by atoms with van der Waals surface area (Å²) in [6, 6.07) is 8.27. The average molecular weight is 432 g/mol. The van der Waals surface area contributed by atoms with Gasteiger partial charge in [0.25, 0.3) is 0 Å². The van der Waals surface area contributed by atoms with Crippen molar-refractivity contribution >= 4 is 36.4 Å². The van der Waals surface area contributed by atoms with Crippen LogP contribution < -0.4 is 11.1 Å². The zero-order valence-corrected chi connectivity index (χ0v) is 18.3. The minimum absolute atomic E-state index is 0. The van der Waals surface area contributed by atoms with Gasteiger partial charge in [0.05, 0.1) is 13.2 Å². The fraction of sp³-hybridized carbons (Fsp3) is 0.667. The number of hydrogen-bond acceptors (Lipinski definition) is 4. The minimum atomic E-state index is 0. The SMILES string of the molecule is Cl.Cl.NCC1(CC(=O)Nc2ccc(CCN3CCOCC3)cc2)CCCCC1. The Morgan fingerprint density at radius 1 is 1.07 bits per heavy atom. The molecule has 28 heavy (non-hydrogen) atoms. The number of nitrogens with two attached hydrogens (primary N) is 1. The third kappa shape index (κ3) is 7.53. The van der Waals surface area contributed by atoms with Gasteiger partial charge in [-0.2, -0.15) is 0 Å². The van der Waals surface area contributed by atoms with E-state index in [4.69, 9.17) is 10.5 Å². The van der Waals surface area contributed by atoms with Gasteiger partial charge in [-0.1, -0.05) is 31.4 Å². The van der Waals surface area contributed by atoms with E-state index < -0.39 is 0 Å². The number of carbonyl (C=O) groups excluding carboxylic acids is 1. The molecule has 1 aromatic rings. The monoisotopic (exact) mass is 431 g/mol. The van der Waals surface area contributed by atoms with Gasteiger partial charge in [0.1, 0.15) is 0 Å². The molecule has 3 N–H and O–H groups in total. The lowest BCUT2D eigenvalue weighted by Crippen LogP contribution is -2.37. The van der Waals surface area contributed by atoms with Crippen LogP contribution in [0.1, 0.15) is 44.1 Å². The van der Waals surface area contributed by atoms with E-state index in [1.54, 1.807) is 0 Å². The zero-order chi connectivity index (χ0) is 18.2. The first kappa shape index (κ1) is 25.2. The first-order valence-corrected chi connectivity index (χ1v) is 10.1. The molecule has 1 amide bonds. The Bertz CT molecular complexity index is 572. The van der Waals surface area contributed by atoms with Gasteiger partial charge in [-0.15, -0.1) is 24.8 Å². The summed E-state index contributed by atoms with van der Waals surface area (Å²) in [5.41, 5.74) is 8.21. The number of nitrogens with one attached hydrogen (secondary N) is 1. The van der Waals surface area contributed by atoms with Crippen LogP contribution in [0.25, 0.3) is 0 Å². The van der Waals surface area contributed by atoms with Crippen LogP contribution in [0.15, 0.2) is 24.3 Å². The number of halogens is 2. The van der Waals surface area contributed by atoms with Crippen molar-refractivity contribution in [3.63, 3.8) is 0 Å². The lowest BCUT2D eigenvalue weighted by atomic mass is 9.71. The van der Waals surface area contributed by atoms with E-state index >= 15 is 0 Å². The van der Waals surface area contributed by atoms with E-state index in [2.05, 4.69) is 22.3 Å². The highest BCUT2D eigenvalue weighted by Gasteiger charge is 2.32. The van der Waals surface area contributed by atoms with Crippen LogP contribution >= 0.6 is 24.8 Å². The lowest BCUT2D eigenvalue weighted by molar-refractivity contribution is -0.118. The molecule has 2 fully saturated rings. The van der Waals surface area contributed by atoms with Crippen LogP contribution in [0.4, 0.5) is 5.69 Å². The molecule has 0 bridgehead atoms. The molecule has 0 unspecified atom stereocenters. The van der Waals surface area contributed by atoms with Gasteiger partial charge < -0.3 is 15.8 Å². The van der Waals surface area contributed by atoms with Crippen molar-refractivity contribution in [3.05, 3.63) is 29.8 Å². The molecule has 160 valence electrons. The molecule has 1 saturated heterocycles. The fourth-order valence-electron chi connectivity index (χ4n) is 4.17. The van der Waals surface area contributed by atoms with Crippen LogP contribution in [0, 0.1) is 5.41 Å². The number of nitrogens with zero attached hydrogens (tertiary/aromatic N) is 1. The number of anilines is 1. The van der Waals surface area contributed by atoms with Gasteiger partial charge in [-0.25, -0.2) is 0 Å². The first-order chi connectivity index (χ1) is 12.7. The molecule has 1 heterocycles. The Labute approximate surface area is 181 Å². The summed E-state index contributed by atoms with van der Waals surface area (Å²) in [5, 5.41) is 3.06. The Kier molecular flexibility index (Phi) is 11.4. The Morgan fingerprint density at radius 3 is 2.32 bits per heavy atom. The summed E-state index contributed by atoms with van der Waals surface area (Å²) in [5.74, 6) is 0.0958. The highest BCUT2D eigenvalue weighted by atomic mass is 35.5. The molecule has 2 aliphatic rings. The van der Waals surface area contributed by atoms with E-state index in [9.17, 15) is 4.79 Å². The topological polar surface area (TPSA) is 67.6 Å². The van der Waals surface area contributed by atoms with E-state index in [0.717, 1.165) is 57.8 Å². The van der Waals surface area contributed by atoms with Crippen molar-refractivity contribution in [1.82, 2.24) is 4.90 Å². The number of amides is 1. The van der Waals surface area contributed by atoms with Crippen molar-refractivity contribution in [2.75, 3.05) is 44.7 Å². The Morgan fingerprint density at radius 2 is 1.71 bits per heavy atom. The molecular formula is C21H35Cl2N3O2. The van der Waals surface area contributed by atoms with Gasteiger partial charge in [-0.05, 0) is 48.9 Å². The van der Waals surface area contributed by atoms with Gasteiger partial charge in [0, 0.05) is 31.7 Å². The molecule has 0 aromatic heterocycles. The fourth-order valence-corrected chi connectivity index (χ4v) is 4.17. The highest BCUT2D eigenvalue weighted by molar-refractivity contribution is 5.91. The Hall–Kier alpha value is -0.850. The van der Waals surface area contributed by atoms with Crippen molar-refractivity contribution in [2.45, 2.75) is 44.9 Å². The summed E-state index contributed by atoms with van der Waals surface area (Å²) in [4.78, 5) is 14.9. The van der Waals surface area contributed by atoms with Crippen molar-refractivity contribution < 1.29 is 9.53 Å². The maximum absolute atomic E-state index is 12.5. The summed E-state index contributed by atoms with van der Waals surface area (Å²) in [7, 11) is 0. The van der Waals surface area contributed by atoms with Gasteiger partial charge in [-0.3, -0.25) is 9.69 Å². The molecule has 7 heteroatoms. The van der Waals surface area contributed by atoms with E-state index in [1.807, 2.05) is 12.1 Å². The summed E-state index contributed by atoms with van der Waals surface area (Å²) >= 11 is 0. The number of benzene rings is 1. The number of hydrogen-bond donors (Lipinski definition) is 2. The van der Waals surface area contributed by atoms with Gasteiger partial charge >= 0.3 is 0 Å². The van der Waals surface area contributed by atoms with E-state index in [-0.39, 0.29) is 36.1 Å². The number of carbonyl (C=O) groups is 1. The van der Waals surface area contributed by atoms with E-state index in [0.29, 0.717) is 13.0 Å². The van der Waals surface area contributed by atoms with Gasteiger partial charge in [0.2, 0.25) is 5.91 Å². The van der Waals surface area contributed by atoms with Crippen molar-refractivity contribution in [2.24, 2.45) is 11.1 Å². The molecule has 3 rings (SSSR count). The zero-order valence-electron chi connectivity index (χ0n) is 16.7. The maximum atomic E-state index is 12.5. The summed E-state index contributed by atoms with van der Waals surface area (Å²) < 4.78 is 5.38. The number of morpholine rings is 1. The third-order valence-electron chi connectivity index (χ3n) is 5.94.